The zero-order valence-electron chi connectivity index (χ0n) is 8.07. The van der Waals surface area contributed by atoms with Crippen molar-refractivity contribution in [2.45, 2.75) is 32.2 Å². The van der Waals surface area contributed by atoms with Gasteiger partial charge in [-0.15, -0.1) is 0 Å². The third kappa shape index (κ3) is 2.84. The lowest BCUT2D eigenvalue weighted by Gasteiger charge is -2.31. The number of rotatable bonds is 3. The lowest BCUT2D eigenvalue weighted by Crippen LogP contribution is -2.44. The van der Waals surface area contributed by atoms with E-state index in [1.807, 2.05) is 24.0 Å². The van der Waals surface area contributed by atoms with Gasteiger partial charge in [-0.25, -0.2) is 0 Å². The molecule has 0 amide bonds. The maximum absolute atomic E-state index is 10.9. The van der Waals surface area contributed by atoms with Gasteiger partial charge in [0.15, 0.2) is 0 Å². The van der Waals surface area contributed by atoms with Gasteiger partial charge in [0.05, 0.1) is 0 Å². The van der Waals surface area contributed by atoms with Crippen LogP contribution in [-0.4, -0.2) is 35.1 Å². The summed E-state index contributed by atoms with van der Waals surface area (Å²) in [5.74, 6) is -0.677. The van der Waals surface area contributed by atoms with E-state index in [4.69, 9.17) is 5.11 Å². The first-order chi connectivity index (χ1) is 6.25. The normalized spacial score (nSPS) is 25.2. The Bertz CT molecular complexity index is 201. The smallest absolute Gasteiger partial charge is 0.320 e. The molecule has 0 spiro atoms. The van der Waals surface area contributed by atoms with Crippen LogP contribution in [0.25, 0.3) is 0 Å². The van der Waals surface area contributed by atoms with Crippen LogP contribution < -0.4 is 0 Å². The van der Waals surface area contributed by atoms with E-state index in [9.17, 15) is 4.79 Å². The van der Waals surface area contributed by atoms with Gasteiger partial charge in [0, 0.05) is 6.54 Å². The fourth-order valence-electron chi connectivity index (χ4n) is 1.73. The predicted octanol–water partition coefficient (Wildman–Crippen LogP) is 1.50. The molecule has 1 fully saturated rings. The molecular weight excluding hydrogens is 166 g/mol. The summed E-state index contributed by atoms with van der Waals surface area (Å²) in [6, 6.07) is -0.259. The maximum Gasteiger partial charge on any atom is 0.320 e. The van der Waals surface area contributed by atoms with Gasteiger partial charge in [-0.3, -0.25) is 9.69 Å². The van der Waals surface area contributed by atoms with Crippen LogP contribution in [0.2, 0.25) is 0 Å². The second-order valence-electron chi connectivity index (χ2n) is 3.41. The molecule has 74 valence electrons. The summed E-state index contributed by atoms with van der Waals surface area (Å²) in [5, 5.41) is 8.94. The summed E-state index contributed by atoms with van der Waals surface area (Å²) < 4.78 is 0. The molecule has 1 rings (SSSR count). The number of piperidine rings is 1. The molecule has 1 heterocycles. The van der Waals surface area contributed by atoms with E-state index in [0.29, 0.717) is 0 Å². The number of carbonyl (C=O) groups is 1. The van der Waals surface area contributed by atoms with Crippen molar-refractivity contribution >= 4 is 5.97 Å². The summed E-state index contributed by atoms with van der Waals surface area (Å²) in [4.78, 5) is 12.9. The number of likely N-dealkylation sites (tertiary alicyclic amines) is 1. The Kier molecular flexibility index (Phi) is 3.96. The highest BCUT2D eigenvalue weighted by Gasteiger charge is 2.26. The van der Waals surface area contributed by atoms with Crippen molar-refractivity contribution in [2.24, 2.45) is 0 Å². The SMILES string of the molecule is C/C=C/CN1CCCCC1C(=O)O. The third-order valence-electron chi connectivity index (χ3n) is 2.47. The van der Waals surface area contributed by atoms with Gasteiger partial charge in [0.2, 0.25) is 0 Å². The second kappa shape index (κ2) is 5.02. The van der Waals surface area contributed by atoms with E-state index in [1.54, 1.807) is 0 Å². The molecule has 13 heavy (non-hydrogen) atoms. The minimum atomic E-state index is -0.677. The van der Waals surface area contributed by atoms with Crippen molar-refractivity contribution in [2.75, 3.05) is 13.1 Å². The van der Waals surface area contributed by atoms with Gasteiger partial charge in [-0.05, 0) is 26.3 Å². The first-order valence-electron chi connectivity index (χ1n) is 4.83. The minimum Gasteiger partial charge on any atom is -0.480 e. The van der Waals surface area contributed by atoms with Crippen molar-refractivity contribution < 1.29 is 9.90 Å². The Morgan fingerprint density at radius 3 is 3.00 bits per heavy atom. The standard InChI is InChI=1S/C10H17NO2/c1-2-3-7-11-8-5-4-6-9(11)10(12)13/h2-3,9H,4-8H2,1H3,(H,12,13)/b3-2+. The molecule has 0 aliphatic carbocycles. The molecular formula is C10H17NO2. The van der Waals surface area contributed by atoms with E-state index >= 15 is 0 Å². The van der Waals surface area contributed by atoms with Gasteiger partial charge in [0.25, 0.3) is 0 Å². The Labute approximate surface area is 79.0 Å². The summed E-state index contributed by atoms with van der Waals surface area (Å²) >= 11 is 0. The lowest BCUT2D eigenvalue weighted by molar-refractivity contribution is -0.144. The van der Waals surface area contributed by atoms with Gasteiger partial charge < -0.3 is 5.11 Å². The van der Waals surface area contributed by atoms with Crippen LogP contribution in [0.1, 0.15) is 26.2 Å². The van der Waals surface area contributed by atoms with Crippen molar-refractivity contribution in [1.82, 2.24) is 4.90 Å². The summed E-state index contributed by atoms with van der Waals surface area (Å²) in [6.45, 7) is 3.65. The first-order valence-corrected chi connectivity index (χ1v) is 4.83. The van der Waals surface area contributed by atoms with Crippen LogP contribution in [0.5, 0.6) is 0 Å². The highest BCUT2D eigenvalue weighted by molar-refractivity contribution is 5.73. The van der Waals surface area contributed by atoms with Crippen LogP contribution in [0.4, 0.5) is 0 Å². The average molecular weight is 183 g/mol. The molecule has 0 radical (unpaired) electrons. The molecule has 0 aromatic rings. The van der Waals surface area contributed by atoms with Crippen molar-refractivity contribution in [1.29, 1.82) is 0 Å². The van der Waals surface area contributed by atoms with Crippen LogP contribution in [0.15, 0.2) is 12.2 Å². The van der Waals surface area contributed by atoms with Gasteiger partial charge >= 0.3 is 5.97 Å². The highest BCUT2D eigenvalue weighted by atomic mass is 16.4. The third-order valence-corrected chi connectivity index (χ3v) is 2.47. The molecule has 3 nitrogen and oxygen atoms in total. The van der Waals surface area contributed by atoms with Crippen LogP contribution >= 0.6 is 0 Å². The summed E-state index contributed by atoms with van der Waals surface area (Å²) in [7, 11) is 0. The zero-order chi connectivity index (χ0) is 9.68. The van der Waals surface area contributed by atoms with E-state index in [2.05, 4.69) is 0 Å². The minimum absolute atomic E-state index is 0.259. The van der Waals surface area contributed by atoms with E-state index in [1.165, 1.54) is 0 Å². The Balaban J connectivity index is 2.51. The molecule has 0 aromatic heterocycles. The van der Waals surface area contributed by atoms with Gasteiger partial charge in [-0.1, -0.05) is 18.6 Å². The van der Waals surface area contributed by atoms with Crippen LogP contribution in [0.3, 0.4) is 0 Å². The number of carboxylic acids is 1. The summed E-state index contributed by atoms with van der Waals surface area (Å²) in [5.41, 5.74) is 0. The second-order valence-corrected chi connectivity index (χ2v) is 3.41. The summed E-state index contributed by atoms with van der Waals surface area (Å²) in [6.07, 6.45) is 6.95. The van der Waals surface area contributed by atoms with Crippen LogP contribution in [-0.2, 0) is 4.79 Å². The first kappa shape index (κ1) is 10.3. The van der Waals surface area contributed by atoms with Crippen molar-refractivity contribution in [3.8, 4) is 0 Å². The number of hydrogen-bond donors (Lipinski definition) is 1. The van der Waals surface area contributed by atoms with E-state index in [0.717, 1.165) is 32.4 Å². The average Bonchev–Trinajstić information content (AvgIpc) is 2.15. The van der Waals surface area contributed by atoms with Crippen molar-refractivity contribution in [3.05, 3.63) is 12.2 Å². The molecule has 0 bridgehead atoms. The molecule has 0 saturated carbocycles. The molecule has 1 aliphatic heterocycles. The zero-order valence-corrected chi connectivity index (χ0v) is 8.07. The molecule has 1 unspecified atom stereocenters. The predicted molar refractivity (Wildman–Crippen MR) is 51.7 cm³/mol. The van der Waals surface area contributed by atoms with Gasteiger partial charge in [0.1, 0.15) is 6.04 Å². The Morgan fingerprint density at radius 2 is 2.38 bits per heavy atom. The van der Waals surface area contributed by atoms with Crippen molar-refractivity contribution in [3.63, 3.8) is 0 Å². The molecule has 3 heteroatoms. The van der Waals surface area contributed by atoms with Gasteiger partial charge in [-0.2, -0.15) is 0 Å². The molecule has 1 atom stereocenters. The quantitative estimate of drug-likeness (QED) is 0.674. The van der Waals surface area contributed by atoms with Crippen LogP contribution in [0, 0.1) is 0 Å². The number of allylic oxidation sites excluding steroid dienone is 1. The largest absolute Gasteiger partial charge is 0.480 e. The highest BCUT2D eigenvalue weighted by Crippen LogP contribution is 2.16. The lowest BCUT2D eigenvalue weighted by atomic mass is 10.0. The van der Waals surface area contributed by atoms with E-state index < -0.39 is 5.97 Å². The topological polar surface area (TPSA) is 40.5 Å². The fourth-order valence-corrected chi connectivity index (χ4v) is 1.73. The molecule has 1 N–H and O–H groups in total. The Morgan fingerprint density at radius 1 is 1.62 bits per heavy atom. The van der Waals surface area contributed by atoms with E-state index in [-0.39, 0.29) is 6.04 Å². The maximum atomic E-state index is 10.9. The molecule has 1 aliphatic rings. The fraction of sp³-hybridized carbons (Fsp3) is 0.700. The number of hydrogen-bond acceptors (Lipinski definition) is 2. The number of nitrogens with zero attached hydrogens (tertiary/aromatic N) is 1. The monoisotopic (exact) mass is 183 g/mol. The number of carboxylic acid groups (broad SMARTS) is 1. The molecule has 1 saturated heterocycles. The Hall–Kier alpha value is -0.830. The number of aliphatic carboxylic acids is 1. The molecule has 0 aromatic carbocycles.